The summed E-state index contributed by atoms with van der Waals surface area (Å²) in [5.74, 6) is 1.05. The lowest BCUT2D eigenvalue weighted by atomic mass is 9.91. The zero-order valence-electron chi connectivity index (χ0n) is 8.69. The fourth-order valence-electron chi connectivity index (χ4n) is 1.66. The van der Waals surface area contributed by atoms with Crippen molar-refractivity contribution in [2.45, 2.75) is 33.0 Å². The molecule has 1 rings (SSSR count). The molecule has 0 aromatic rings. The van der Waals surface area contributed by atoms with Crippen LogP contribution in [-0.4, -0.2) is 25.5 Å². The van der Waals surface area contributed by atoms with Gasteiger partial charge in [0.15, 0.2) is 6.66 Å². The quantitative estimate of drug-likeness (QED) is 0.664. The van der Waals surface area contributed by atoms with Gasteiger partial charge in [-0.2, -0.15) is 0 Å². The van der Waals surface area contributed by atoms with E-state index >= 15 is 0 Å². The van der Waals surface area contributed by atoms with Crippen molar-refractivity contribution in [2.75, 3.05) is 13.3 Å². The first-order chi connectivity index (χ1) is 6.02. The molecule has 0 N–H and O–H groups in total. The molecule has 0 aliphatic carbocycles. The van der Waals surface area contributed by atoms with Crippen molar-refractivity contribution in [2.24, 2.45) is 11.8 Å². The second-order valence-corrected chi connectivity index (χ2v) is 4.97. The average Bonchev–Trinajstić information content (AvgIpc) is 2.29. The highest BCUT2D eigenvalue weighted by atomic mass is 31.1. The van der Waals surface area contributed by atoms with Crippen LogP contribution in [-0.2, 0) is 13.8 Å². The minimum atomic E-state index is -1.49. The lowest BCUT2D eigenvalue weighted by molar-refractivity contribution is 0.0149. The van der Waals surface area contributed by atoms with Crippen molar-refractivity contribution in [3.05, 3.63) is 0 Å². The predicted molar refractivity (Wildman–Crippen MR) is 52.1 cm³/mol. The van der Waals surface area contributed by atoms with Crippen LogP contribution in [0.25, 0.3) is 0 Å². The van der Waals surface area contributed by atoms with Gasteiger partial charge in [-0.25, -0.2) is 0 Å². The van der Waals surface area contributed by atoms with E-state index < -0.39 is 8.03 Å². The highest BCUT2D eigenvalue weighted by Gasteiger charge is 2.37. The summed E-state index contributed by atoms with van der Waals surface area (Å²) in [6.07, 6.45) is 0.405. The average molecular weight is 205 g/mol. The van der Waals surface area contributed by atoms with E-state index in [0.717, 1.165) is 0 Å². The van der Waals surface area contributed by atoms with Gasteiger partial charge in [0.25, 0.3) is 0 Å². The first-order valence-electron chi connectivity index (χ1n) is 4.71. The Labute approximate surface area is 80.7 Å². The molecule has 3 nitrogen and oxygen atoms in total. The van der Waals surface area contributed by atoms with Crippen LogP contribution in [0.3, 0.4) is 0 Å². The molecule has 1 fully saturated rings. The SMILES string of the molecule is CC1[C@@H](CO[P+](C)=O)O[C@@H](C)[C@H]1C. The second-order valence-electron chi connectivity index (χ2n) is 3.83. The molecule has 13 heavy (non-hydrogen) atoms. The van der Waals surface area contributed by atoms with E-state index in [1.807, 2.05) is 0 Å². The van der Waals surface area contributed by atoms with Gasteiger partial charge in [-0.15, -0.1) is 4.52 Å². The Morgan fingerprint density at radius 1 is 1.31 bits per heavy atom. The van der Waals surface area contributed by atoms with E-state index in [4.69, 9.17) is 9.26 Å². The second kappa shape index (κ2) is 4.50. The number of rotatable bonds is 3. The van der Waals surface area contributed by atoms with Crippen molar-refractivity contribution < 1.29 is 13.8 Å². The standard InChI is InChI=1S/C9H18O3P/c1-6-7(2)9(12-8(6)3)5-11-13(4)10/h6-9H,5H2,1-4H3/q+1/t6-,7?,8-,9+/m0/s1. The maximum Gasteiger partial charge on any atom is 0.504 e. The van der Waals surface area contributed by atoms with E-state index in [2.05, 4.69) is 20.8 Å². The first kappa shape index (κ1) is 11.1. The summed E-state index contributed by atoms with van der Waals surface area (Å²) in [5, 5.41) is 0. The molecule has 1 aliphatic rings. The molecule has 0 aromatic heterocycles. The van der Waals surface area contributed by atoms with Crippen LogP contribution in [0, 0.1) is 11.8 Å². The number of hydrogen-bond acceptors (Lipinski definition) is 3. The van der Waals surface area contributed by atoms with Gasteiger partial charge in [-0.05, 0) is 23.3 Å². The summed E-state index contributed by atoms with van der Waals surface area (Å²) in [4.78, 5) is 0. The molecule has 5 atom stereocenters. The van der Waals surface area contributed by atoms with Crippen molar-refractivity contribution in [1.82, 2.24) is 0 Å². The normalized spacial score (nSPS) is 40.8. The fraction of sp³-hybridized carbons (Fsp3) is 1.00. The minimum absolute atomic E-state index is 0.115. The van der Waals surface area contributed by atoms with Crippen molar-refractivity contribution in [3.63, 3.8) is 0 Å². The number of hydrogen-bond donors (Lipinski definition) is 0. The van der Waals surface area contributed by atoms with Crippen LogP contribution in [0.5, 0.6) is 0 Å². The molecule has 0 spiro atoms. The van der Waals surface area contributed by atoms with Gasteiger partial charge in [0, 0.05) is 0 Å². The van der Waals surface area contributed by atoms with E-state index in [-0.39, 0.29) is 6.10 Å². The van der Waals surface area contributed by atoms with Crippen LogP contribution < -0.4 is 0 Å². The maximum atomic E-state index is 10.7. The third kappa shape index (κ3) is 2.73. The number of ether oxygens (including phenoxy) is 1. The van der Waals surface area contributed by atoms with E-state index in [0.29, 0.717) is 24.5 Å². The zero-order valence-corrected chi connectivity index (χ0v) is 9.58. The minimum Gasteiger partial charge on any atom is -0.372 e. The third-order valence-electron chi connectivity index (χ3n) is 2.97. The summed E-state index contributed by atoms with van der Waals surface area (Å²) < 4.78 is 21.5. The molecule has 1 saturated heterocycles. The Kier molecular flexibility index (Phi) is 3.84. The maximum absolute atomic E-state index is 10.7. The van der Waals surface area contributed by atoms with Gasteiger partial charge in [-0.3, -0.25) is 0 Å². The summed E-state index contributed by atoms with van der Waals surface area (Å²) in [7, 11) is -1.49. The molecule has 2 unspecified atom stereocenters. The van der Waals surface area contributed by atoms with Crippen LogP contribution in [0.1, 0.15) is 20.8 Å². The van der Waals surface area contributed by atoms with Crippen molar-refractivity contribution in [1.29, 1.82) is 0 Å². The Morgan fingerprint density at radius 2 is 1.92 bits per heavy atom. The van der Waals surface area contributed by atoms with Crippen LogP contribution >= 0.6 is 8.03 Å². The Balaban J connectivity index is 2.40. The molecule has 1 heterocycles. The largest absolute Gasteiger partial charge is 0.504 e. The molecule has 1 aliphatic heterocycles. The third-order valence-corrected chi connectivity index (χ3v) is 3.48. The van der Waals surface area contributed by atoms with E-state index in [9.17, 15) is 4.57 Å². The molecule has 0 radical (unpaired) electrons. The lowest BCUT2D eigenvalue weighted by Crippen LogP contribution is -2.20. The van der Waals surface area contributed by atoms with Gasteiger partial charge in [-0.1, -0.05) is 13.8 Å². The summed E-state index contributed by atoms with van der Waals surface area (Å²) in [5.41, 5.74) is 0. The monoisotopic (exact) mass is 205 g/mol. The molecule has 76 valence electrons. The first-order valence-corrected chi connectivity index (χ1v) is 6.34. The highest BCUT2D eigenvalue weighted by molar-refractivity contribution is 7.38. The van der Waals surface area contributed by atoms with E-state index in [1.165, 1.54) is 0 Å². The molecule has 0 amide bonds. The molecule has 0 aromatic carbocycles. The van der Waals surface area contributed by atoms with Gasteiger partial charge in [0.2, 0.25) is 0 Å². The Hall–Kier alpha value is 0.0200. The van der Waals surface area contributed by atoms with Crippen LogP contribution in [0.2, 0.25) is 0 Å². The molecule has 0 saturated carbocycles. The van der Waals surface area contributed by atoms with Gasteiger partial charge >= 0.3 is 8.03 Å². The molecular weight excluding hydrogens is 187 g/mol. The Bertz CT molecular complexity index is 195. The van der Waals surface area contributed by atoms with Crippen molar-refractivity contribution in [3.8, 4) is 0 Å². The lowest BCUT2D eigenvalue weighted by Gasteiger charge is -2.12. The van der Waals surface area contributed by atoms with Gasteiger partial charge < -0.3 is 4.74 Å². The summed E-state index contributed by atoms with van der Waals surface area (Å²) >= 11 is 0. The van der Waals surface area contributed by atoms with Gasteiger partial charge in [0.1, 0.15) is 6.61 Å². The fourth-order valence-corrected chi connectivity index (χ4v) is 2.02. The van der Waals surface area contributed by atoms with Crippen LogP contribution in [0.4, 0.5) is 0 Å². The van der Waals surface area contributed by atoms with Crippen molar-refractivity contribution >= 4 is 8.03 Å². The summed E-state index contributed by atoms with van der Waals surface area (Å²) in [6, 6.07) is 0. The molecular formula is C9H18O3P+. The predicted octanol–water partition coefficient (Wildman–Crippen LogP) is 2.43. The van der Waals surface area contributed by atoms with E-state index in [1.54, 1.807) is 6.66 Å². The topological polar surface area (TPSA) is 35.5 Å². The Morgan fingerprint density at radius 3 is 2.31 bits per heavy atom. The zero-order chi connectivity index (χ0) is 10.0. The molecule has 0 bridgehead atoms. The highest BCUT2D eigenvalue weighted by Crippen LogP contribution is 2.33. The van der Waals surface area contributed by atoms with Gasteiger partial charge in [0.05, 0.1) is 12.2 Å². The van der Waals surface area contributed by atoms with Crippen LogP contribution in [0.15, 0.2) is 0 Å². The smallest absolute Gasteiger partial charge is 0.372 e. The summed E-state index contributed by atoms with van der Waals surface area (Å²) in [6.45, 7) is 8.45. The molecule has 4 heteroatoms.